The van der Waals surface area contributed by atoms with Crippen LogP contribution in [0.25, 0.3) is 0 Å². The molecule has 0 atom stereocenters. The van der Waals surface area contributed by atoms with E-state index in [4.69, 9.17) is 22.7 Å². The molecule has 16 heavy (non-hydrogen) atoms. The van der Waals surface area contributed by atoms with Gasteiger partial charge in [-0.15, -0.1) is 0 Å². The van der Waals surface area contributed by atoms with Crippen molar-refractivity contribution in [1.29, 1.82) is 0 Å². The molecule has 1 aromatic heterocycles. The van der Waals surface area contributed by atoms with Crippen LogP contribution in [0.1, 0.15) is 37.3 Å². The summed E-state index contributed by atoms with van der Waals surface area (Å²) in [6, 6.07) is 1.88. The molecule has 1 rings (SSSR count). The SMILES string of the molecule is CCCCCOc1nccc(C)c1C(N)=S. The Bertz CT molecular complexity index is 366. The smallest absolute Gasteiger partial charge is 0.223 e. The minimum Gasteiger partial charge on any atom is -0.477 e. The summed E-state index contributed by atoms with van der Waals surface area (Å²) in [4.78, 5) is 4.51. The first-order chi connectivity index (χ1) is 7.66. The second-order valence-corrected chi connectivity index (χ2v) is 4.17. The summed E-state index contributed by atoms with van der Waals surface area (Å²) in [5.74, 6) is 0.559. The van der Waals surface area contributed by atoms with Crippen LogP contribution in [0.4, 0.5) is 0 Å². The fourth-order valence-corrected chi connectivity index (χ4v) is 1.71. The highest BCUT2D eigenvalue weighted by Gasteiger charge is 2.10. The summed E-state index contributed by atoms with van der Waals surface area (Å²) >= 11 is 5.00. The molecule has 0 unspecified atom stereocenters. The van der Waals surface area contributed by atoms with Gasteiger partial charge in [-0.25, -0.2) is 4.98 Å². The van der Waals surface area contributed by atoms with Crippen LogP contribution in [0, 0.1) is 6.92 Å². The van der Waals surface area contributed by atoms with Gasteiger partial charge in [0.25, 0.3) is 0 Å². The molecule has 1 heterocycles. The number of nitrogens with zero attached hydrogens (tertiary/aromatic N) is 1. The van der Waals surface area contributed by atoms with Crippen molar-refractivity contribution in [2.45, 2.75) is 33.1 Å². The number of aromatic nitrogens is 1. The highest BCUT2D eigenvalue weighted by atomic mass is 32.1. The van der Waals surface area contributed by atoms with Crippen molar-refractivity contribution in [1.82, 2.24) is 4.98 Å². The number of hydrogen-bond donors (Lipinski definition) is 1. The van der Waals surface area contributed by atoms with Crippen molar-refractivity contribution in [3.8, 4) is 5.88 Å². The minimum atomic E-state index is 0.344. The van der Waals surface area contributed by atoms with Crippen molar-refractivity contribution in [2.75, 3.05) is 6.61 Å². The Morgan fingerprint density at radius 1 is 1.50 bits per heavy atom. The lowest BCUT2D eigenvalue weighted by Gasteiger charge is -2.11. The van der Waals surface area contributed by atoms with Gasteiger partial charge in [0.1, 0.15) is 4.99 Å². The third kappa shape index (κ3) is 3.45. The van der Waals surface area contributed by atoms with E-state index >= 15 is 0 Å². The second-order valence-electron chi connectivity index (χ2n) is 3.73. The number of ether oxygens (including phenoxy) is 1. The fourth-order valence-electron chi connectivity index (χ4n) is 1.46. The average Bonchev–Trinajstić information content (AvgIpc) is 2.24. The van der Waals surface area contributed by atoms with Crippen LogP contribution in [-0.4, -0.2) is 16.6 Å². The maximum atomic E-state index is 5.66. The van der Waals surface area contributed by atoms with Crippen LogP contribution >= 0.6 is 12.2 Å². The molecule has 0 aromatic carbocycles. The molecule has 1 aromatic rings. The largest absolute Gasteiger partial charge is 0.477 e. The number of nitrogens with two attached hydrogens (primary N) is 1. The van der Waals surface area contributed by atoms with Gasteiger partial charge in [0.15, 0.2) is 0 Å². The van der Waals surface area contributed by atoms with Gasteiger partial charge in [-0.3, -0.25) is 0 Å². The molecule has 4 heteroatoms. The third-order valence-corrected chi connectivity index (χ3v) is 2.56. The Hall–Kier alpha value is -1.16. The molecule has 0 amide bonds. The summed E-state index contributed by atoms with van der Waals surface area (Å²) < 4.78 is 5.60. The van der Waals surface area contributed by atoms with Gasteiger partial charge in [0, 0.05) is 6.20 Å². The molecule has 2 N–H and O–H groups in total. The van der Waals surface area contributed by atoms with E-state index in [1.165, 1.54) is 6.42 Å². The molecule has 0 spiro atoms. The van der Waals surface area contributed by atoms with Crippen LogP contribution in [-0.2, 0) is 0 Å². The normalized spacial score (nSPS) is 10.1. The maximum absolute atomic E-state index is 5.66. The molecule has 0 saturated heterocycles. The van der Waals surface area contributed by atoms with Crippen molar-refractivity contribution in [2.24, 2.45) is 5.73 Å². The summed E-state index contributed by atoms with van der Waals surface area (Å²) in [6.45, 7) is 4.78. The van der Waals surface area contributed by atoms with E-state index in [0.717, 1.165) is 24.0 Å². The van der Waals surface area contributed by atoms with E-state index < -0.39 is 0 Å². The molecule has 0 fully saturated rings. The van der Waals surface area contributed by atoms with Crippen molar-refractivity contribution >= 4 is 17.2 Å². The van der Waals surface area contributed by atoms with Gasteiger partial charge in [-0.05, 0) is 25.0 Å². The topological polar surface area (TPSA) is 48.1 Å². The zero-order valence-corrected chi connectivity index (χ0v) is 10.6. The van der Waals surface area contributed by atoms with Crippen molar-refractivity contribution < 1.29 is 4.74 Å². The third-order valence-electron chi connectivity index (χ3n) is 2.36. The van der Waals surface area contributed by atoms with E-state index in [1.807, 2.05) is 13.0 Å². The van der Waals surface area contributed by atoms with Crippen molar-refractivity contribution in [3.63, 3.8) is 0 Å². The monoisotopic (exact) mass is 238 g/mol. The summed E-state index contributed by atoms with van der Waals surface area (Å²) in [5, 5.41) is 0. The fraction of sp³-hybridized carbons (Fsp3) is 0.500. The first-order valence-corrected chi connectivity index (χ1v) is 5.95. The quantitative estimate of drug-likeness (QED) is 0.611. The standard InChI is InChI=1S/C12H18N2OS/c1-3-4-5-8-15-12-10(11(13)16)9(2)6-7-14-12/h6-7H,3-5,8H2,1-2H3,(H2,13,16). The number of thiocarbonyl (C=S) groups is 1. The molecule has 0 radical (unpaired) electrons. The van der Waals surface area contributed by atoms with Crippen LogP contribution < -0.4 is 10.5 Å². The van der Waals surface area contributed by atoms with E-state index in [1.54, 1.807) is 6.20 Å². The molecule has 0 aliphatic heterocycles. The second kappa shape index (κ2) is 6.43. The zero-order chi connectivity index (χ0) is 12.0. The molecular formula is C12H18N2OS. The summed E-state index contributed by atoms with van der Waals surface area (Å²) in [7, 11) is 0. The summed E-state index contributed by atoms with van der Waals surface area (Å²) in [6.07, 6.45) is 5.08. The zero-order valence-electron chi connectivity index (χ0n) is 9.82. The van der Waals surface area contributed by atoms with Crippen LogP contribution in [0.2, 0.25) is 0 Å². The van der Waals surface area contributed by atoms with E-state index in [2.05, 4.69) is 11.9 Å². The Balaban J connectivity index is 2.71. The molecule has 88 valence electrons. The first-order valence-electron chi connectivity index (χ1n) is 5.55. The van der Waals surface area contributed by atoms with Crippen LogP contribution in [0.3, 0.4) is 0 Å². The van der Waals surface area contributed by atoms with Gasteiger partial charge in [0.2, 0.25) is 5.88 Å². The first kappa shape index (κ1) is 12.9. The predicted molar refractivity (Wildman–Crippen MR) is 69.9 cm³/mol. The average molecular weight is 238 g/mol. The minimum absolute atomic E-state index is 0.344. The van der Waals surface area contributed by atoms with Gasteiger partial charge in [-0.1, -0.05) is 32.0 Å². The number of rotatable bonds is 6. The van der Waals surface area contributed by atoms with Gasteiger partial charge < -0.3 is 10.5 Å². The Morgan fingerprint density at radius 3 is 2.88 bits per heavy atom. The number of pyridine rings is 1. The highest BCUT2D eigenvalue weighted by Crippen LogP contribution is 2.19. The highest BCUT2D eigenvalue weighted by molar-refractivity contribution is 7.80. The number of aryl methyl sites for hydroxylation is 1. The van der Waals surface area contributed by atoms with Crippen molar-refractivity contribution in [3.05, 3.63) is 23.4 Å². The molecule has 0 bridgehead atoms. The maximum Gasteiger partial charge on any atom is 0.223 e. The van der Waals surface area contributed by atoms with Gasteiger partial charge in [-0.2, -0.15) is 0 Å². The summed E-state index contributed by atoms with van der Waals surface area (Å²) in [5.41, 5.74) is 7.42. The number of hydrogen-bond acceptors (Lipinski definition) is 3. The van der Waals surface area contributed by atoms with Crippen LogP contribution in [0.5, 0.6) is 5.88 Å². The molecule has 3 nitrogen and oxygen atoms in total. The van der Waals surface area contributed by atoms with E-state index in [-0.39, 0.29) is 0 Å². The molecular weight excluding hydrogens is 220 g/mol. The lowest BCUT2D eigenvalue weighted by atomic mass is 10.1. The number of unbranched alkanes of at least 4 members (excludes halogenated alkanes) is 2. The Morgan fingerprint density at radius 2 is 2.25 bits per heavy atom. The Labute approximate surface area is 102 Å². The van der Waals surface area contributed by atoms with E-state index in [9.17, 15) is 0 Å². The lowest BCUT2D eigenvalue weighted by Crippen LogP contribution is -2.14. The molecule has 0 aliphatic rings. The van der Waals surface area contributed by atoms with Gasteiger partial charge in [0.05, 0.1) is 12.2 Å². The Kier molecular flexibility index (Phi) is 5.19. The van der Waals surface area contributed by atoms with Crippen LogP contribution in [0.15, 0.2) is 12.3 Å². The van der Waals surface area contributed by atoms with E-state index in [0.29, 0.717) is 17.5 Å². The lowest BCUT2D eigenvalue weighted by molar-refractivity contribution is 0.294. The predicted octanol–water partition coefficient (Wildman–Crippen LogP) is 2.59. The molecule has 0 aliphatic carbocycles. The van der Waals surface area contributed by atoms with Gasteiger partial charge >= 0.3 is 0 Å². The molecule has 0 saturated carbocycles.